The highest BCUT2D eigenvalue weighted by atomic mass is 16.2. The molecule has 166 valence electrons. The van der Waals surface area contributed by atoms with E-state index in [1.165, 1.54) is 0 Å². The van der Waals surface area contributed by atoms with Gasteiger partial charge in [-0.3, -0.25) is 18.7 Å². The minimum absolute atomic E-state index is 0.141. The molecule has 3 aromatic rings. The van der Waals surface area contributed by atoms with Crippen molar-refractivity contribution in [1.82, 2.24) is 29.4 Å². The van der Waals surface area contributed by atoms with E-state index in [-0.39, 0.29) is 11.8 Å². The van der Waals surface area contributed by atoms with Gasteiger partial charge in [-0.1, -0.05) is 37.8 Å². The molecular formula is C24H28N6O2. The van der Waals surface area contributed by atoms with Gasteiger partial charge >= 0.3 is 0 Å². The van der Waals surface area contributed by atoms with Gasteiger partial charge < -0.3 is 10.2 Å². The lowest BCUT2D eigenvalue weighted by molar-refractivity contribution is 0.0728. The van der Waals surface area contributed by atoms with Gasteiger partial charge in [0.25, 0.3) is 11.8 Å². The van der Waals surface area contributed by atoms with Gasteiger partial charge in [0.2, 0.25) is 0 Å². The van der Waals surface area contributed by atoms with Gasteiger partial charge in [0.1, 0.15) is 17.0 Å². The summed E-state index contributed by atoms with van der Waals surface area (Å²) >= 11 is 0. The third-order valence-corrected chi connectivity index (χ3v) is 5.62. The Morgan fingerprint density at radius 1 is 1.31 bits per heavy atom. The SMILES string of the molecule is C=C/C=C\CC(C)CNC(=O)c1cccc2nc(C(=O)N3CCc4nn(C)cc4C3)cn12. The van der Waals surface area contributed by atoms with Gasteiger partial charge in [-0.15, -0.1) is 0 Å². The quantitative estimate of drug-likeness (QED) is 0.582. The van der Waals surface area contributed by atoms with E-state index in [1.54, 1.807) is 44.5 Å². The van der Waals surface area contributed by atoms with Gasteiger partial charge in [0.05, 0.1) is 5.69 Å². The fourth-order valence-electron chi connectivity index (χ4n) is 3.93. The number of allylic oxidation sites excluding steroid dienone is 3. The minimum Gasteiger partial charge on any atom is -0.350 e. The molecule has 0 spiro atoms. The zero-order valence-corrected chi connectivity index (χ0v) is 18.5. The van der Waals surface area contributed by atoms with Crippen molar-refractivity contribution in [2.45, 2.75) is 26.3 Å². The van der Waals surface area contributed by atoms with Gasteiger partial charge in [0, 0.05) is 51.1 Å². The molecule has 4 rings (SSSR count). The molecular weight excluding hydrogens is 404 g/mol. The normalized spacial score (nSPS) is 14.5. The van der Waals surface area contributed by atoms with E-state index in [0.29, 0.717) is 42.6 Å². The first-order chi connectivity index (χ1) is 15.5. The predicted molar refractivity (Wildman–Crippen MR) is 122 cm³/mol. The number of carbonyl (C=O) groups excluding carboxylic acids is 2. The van der Waals surface area contributed by atoms with Crippen molar-refractivity contribution in [3.05, 3.63) is 78.0 Å². The summed E-state index contributed by atoms with van der Waals surface area (Å²) in [6, 6.07) is 5.32. The summed E-state index contributed by atoms with van der Waals surface area (Å²) in [7, 11) is 1.89. The summed E-state index contributed by atoms with van der Waals surface area (Å²) in [4.78, 5) is 32.2. The molecule has 0 radical (unpaired) electrons. The van der Waals surface area contributed by atoms with E-state index >= 15 is 0 Å². The van der Waals surface area contributed by atoms with Crippen LogP contribution < -0.4 is 5.32 Å². The van der Waals surface area contributed by atoms with E-state index < -0.39 is 0 Å². The van der Waals surface area contributed by atoms with E-state index in [0.717, 1.165) is 24.1 Å². The Bertz CT molecular complexity index is 1190. The number of amides is 2. The fourth-order valence-corrected chi connectivity index (χ4v) is 3.93. The number of rotatable bonds is 7. The second-order valence-corrected chi connectivity index (χ2v) is 8.23. The molecule has 0 aromatic carbocycles. The maximum Gasteiger partial charge on any atom is 0.274 e. The van der Waals surface area contributed by atoms with Crippen LogP contribution in [0, 0.1) is 5.92 Å². The zero-order valence-electron chi connectivity index (χ0n) is 18.5. The summed E-state index contributed by atoms with van der Waals surface area (Å²) in [5.41, 5.74) is 3.46. The first-order valence-electron chi connectivity index (χ1n) is 10.8. The van der Waals surface area contributed by atoms with Crippen LogP contribution in [0.3, 0.4) is 0 Å². The molecule has 1 aliphatic heterocycles. The smallest absolute Gasteiger partial charge is 0.274 e. The van der Waals surface area contributed by atoms with Crippen LogP contribution in [0.2, 0.25) is 0 Å². The first kappa shape index (κ1) is 21.5. The van der Waals surface area contributed by atoms with Crippen molar-refractivity contribution in [3.8, 4) is 0 Å². The lowest BCUT2D eigenvalue weighted by atomic mass is 10.1. The molecule has 32 heavy (non-hydrogen) atoms. The summed E-state index contributed by atoms with van der Waals surface area (Å²) in [5.74, 6) is -0.0348. The summed E-state index contributed by atoms with van der Waals surface area (Å²) in [6.07, 6.45) is 10.9. The number of pyridine rings is 1. The number of hydrogen-bond acceptors (Lipinski definition) is 4. The van der Waals surface area contributed by atoms with Crippen LogP contribution in [0.1, 0.15) is 45.6 Å². The average Bonchev–Trinajstić information content (AvgIpc) is 3.38. The number of carbonyl (C=O) groups is 2. The fraction of sp³-hybridized carbons (Fsp3) is 0.333. The van der Waals surface area contributed by atoms with Crippen molar-refractivity contribution in [3.63, 3.8) is 0 Å². The van der Waals surface area contributed by atoms with Crippen molar-refractivity contribution in [2.24, 2.45) is 13.0 Å². The van der Waals surface area contributed by atoms with Crippen molar-refractivity contribution in [2.75, 3.05) is 13.1 Å². The van der Waals surface area contributed by atoms with E-state index in [9.17, 15) is 9.59 Å². The average molecular weight is 433 g/mol. The lowest BCUT2D eigenvalue weighted by Crippen LogP contribution is -2.35. The van der Waals surface area contributed by atoms with Gasteiger partial charge in [-0.25, -0.2) is 4.98 Å². The number of nitrogens with zero attached hydrogens (tertiary/aromatic N) is 5. The second-order valence-electron chi connectivity index (χ2n) is 8.23. The highest BCUT2D eigenvalue weighted by Gasteiger charge is 2.26. The van der Waals surface area contributed by atoms with Crippen LogP contribution in [-0.4, -0.2) is 49.0 Å². The molecule has 3 aromatic heterocycles. The van der Waals surface area contributed by atoms with E-state index in [4.69, 9.17) is 0 Å². The van der Waals surface area contributed by atoms with Gasteiger partial charge in [-0.2, -0.15) is 5.10 Å². The Morgan fingerprint density at radius 2 is 2.16 bits per heavy atom. The lowest BCUT2D eigenvalue weighted by Gasteiger charge is -2.25. The first-order valence-corrected chi connectivity index (χ1v) is 10.8. The van der Waals surface area contributed by atoms with Crippen LogP contribution in [0.25, 0.3) is 5.65 Å². The van der Waals surface area contributed by atoms with Crippen molar-refractivity contribution >= 4 is 17.5 Å². The molecule has 0 saturated carbocycles. The highest BCUT2D eigenvalue weighted by molar-refractivity contribution is 5.95. The third kappa shape index (κ3) is 4.49. The molecule has 2 amide bonds. The summed E-state index contributed by atoms with van der Waals surface area (Å²) < 4.78 is 3.47. The van der Waals surface area contributed by atoms with Crippen LogP contribution in [0.5, 0.6) is 0 Å². The molecule has 8 nitrogen and oxygen atoms in total. The molecule has 1 aliphatic rings. The van der Waals surface area contributed by atoms with Crippen molar-refractivity contribution in [1.29, 1.82) is 0 Å². The second kappa shape index (κ2) is 9.21. The number of imidazole rings is 1. The maximum atomic E-state index is 13.1. The number of aromatic nitrogens is 4. The summed E-state index contributed by atoms with van der Waals surface area (Å²) in [6.45, 7) is 7.41. The molecule has 0 saturated heterocycles. The van der Waals surface area contributed by atoms with Crippen LogP contribution in [0.4, 0.5) is 0 Å². The van der Waals surface area contributed by atoms with Gasteiger partial charge in [0.15, 0.2) is 0 Å². The predicted octanol–water partition coefficient (Wildman–Crippen LogP) is 2.76. The largest absolute Gasteiger partial charge is 0.350 e. The molecule has 1 N–H and O–H groups in total. The Morgan fingerprint density at radius 3 is 2.97 bits per heavy atom. The standard InChI is InChI=1S/C24H28N6O2/c1-4-5-6-8-17(2)13-25-23(31)21-9-7-10-22-26-20(16-30(21)22)24(32)29-12-11-19-18(15-29)14-28(3)27-19/h4-7,9-10,14,16-17H,1,8,11-13,15H2,2-3H3,(H,25,31)/b6-5-. The minimum atomic E-state index is -0.190. The number of hydrogen-bond donors (Lipinski definition) is 1. The topological polar surface area (TPSA) is 84.5 Å². The Kier molecular flexibility index (Phi) is 6.20. The third-order valence-electron chi connectivity index (χ3n) is 5.62. The van der Waals surface area contributed by atoms with Crippen LogP contribution in [0.15, 0.2) is 55.4 Å². The highest BCUT2D eigenvalue weighted by Crippen LogP contribution is 2.20. The maximum absolute atomic E-state index is 13.1. The number of aryl methyl sites for hydroxylation is 1. The van der Waals surface area contributed by atoms with Crippen LogP contribution in [-0.2, 0) is 20.0 Å². The monoisotopic (exact) mass is 432 g/mol. The Balaban J connectivity index is 1.48. The molecule has 0 fully saturated rings. The Labute approximate surface area is 187 Å². The zero-order chi connectivity index (χ0) is 22.7. The Hall–Kier alpha value is -3.68. The summed E-state index contributed by atoms with van der Waals surface area (Å²) in [5, 5.41) is 7.42. The van der Waals surface area contributed by atoms with Crippen LogP contribution >= 0.6 is 0 Å². The molecule has 0 aliphatic carbocycles. The van der Waals surface area contributed by atoms with Gasteiger partial charge in [-0.05, 0) is 24.5 Å². The molecule has 8 heteroatoms. The van der Waals surface area contributed by atoms with E-state index in [2.05, 4.69) is 28.9 Å². The van der Waals surface area contributed by atoms with Crippen molar-refractivity contribution < 1.29 is 9.59 Å². The molecule has 1 unspecified atom stereocenters. The molecule has 4 heterocycles. The number of nitrogens with one attached hydrogen (secondary N) is 1. The van der Waals surface area contributed by atoms with E-state index in [1.807, 2.05) is 25.4 Å². The molecule has 0 bridgehead atoms. The number of fused-ring (bicyclic) bond motifs is 2. The molecule has 1 atom stereocenters.